The van der Waals surface area contributed by atoms with Crippen molar-refractivity contribution < 1.29 is 5.11 Å². The van der Waals surface area contributed by atoms with E-state index >= 15 is 0 Å². The van der Waals surface area contributed by atoms with E-state index in [1.807, 2.05) is 12.4 Å². The van der Waals surface area contributed by atoms with Gasteiger partial charge in [-0.1, -0.05) is 23.2 Å². The lowest BCUT2D eigenvalue weighted by Crippen LogP contribution is -1.99. The summed E-state index contributed by atoms with van der Waals surface area (Å²) in [7, 11) is 0. The van der Waals surface area contributed by atoms with Crippen LogP contribution in [-0.4, -0.2) is 10.1 Å². The number of hydrogen-bond acceptors (Lipinski definition) is 4. The quantitative estimate of drug-likeness (QED) is 0.837. The Morgan fingerprint density at radius 1 is 1.35 bits per heavy atom. The van der Waals surface area contributed by atoms with Crippen LogP contribution in [0.4, 0.5) is 5.69 Å². The number of nitrogens with one attached hydrogen (secondary N) is 1. The van der Waals surface area contributed by atoms with E-state index in [0.717, 1.165) is 16.3 Å². The van der Waals surface area contributed by atoms with Gasteiger partial charge in [0.25, 0.3) is 0 Å². The first-order valence-electron chi connectivity index (χ1n) is 4.89. The van der Waals surface area contributed by atoms with Crippen LogP contribution < -0.4 is 5.32 Å². The molecule has 1 aromatic heterocycles. The second-order valence-electron chi connectivity index (χ2n) is 3.50. The van der Waals surface area contributed by atoms with Crippen molar-refractivity contribution in [3.05, 3.63) is 38.3 Å². The van der Waals surface area contributed by atoms with Crippen LogP contribution in [-0.2, 0) is 6.54 Å². The molecule has 2 rings (SSSR count). The lowest BCUT2D eigenvalue weighted by molar-refractivity contribution is 0.476. The summed E-state index contributed by atoms with van der Waals surface area (Å²) in [4.78, 5) is 5.32. The van der Waals surface area contributed by atoms with Gasteiger partial charge in [-0.05, 0) is 19.1 Å². The molecule has 2 aromatic rings. The fourth-order valence-electron chi connectivity index (χ4n) is 1.35. The monoisotopic (exact) mass is 288 g/mol. The molecule has 0 atom stereocenters. The largest absolute Gasteiger partial charge is 0.505 e. The molecule has 2 N–H and O–H groups in total. The Kier molecular flexibility index (Phi) is 3.76. The third-order valence-corrected chi connectivity index (χ3v) is 3.83. The molecule has 1 heterocycles. The van der Waals surface area contributed by atoms with Gasteiger partial charge in [0.15, 0.2) is 5.75 Å². The number of phenols is 1. The summed E-state index contributed by atoms with van der Waals surface area (Å²) >= 11 is 13.2. The van der Waals surface area contributed by atoms with E-state index in [1.54, 1.807) is 23.5 Å². The second kappa shape index (κ2) is 5.12. The van der Waals surface area contributed by atoms with E-state index in [2.05, 4.69) is 10.3 Å². The number of rotatable bonds is 3. The van der Waals surface area contributed by atoms with E-state index in [-0.39, 0.29) is 15.8 Å². The molecule has 0 aliphatic heterocycles. The third kappa shape index (κ3) is 2.83. The highest BCUT2D eigenvalue weighted by molar-refractivity contribution is 7.09. The van der Waals surface area contributed by atoms with E-state index in [4.69, 9.17) is 23.2 Å². The Balaban J connectivity index is 2.12. The minimum atomic E-state index is -0.0899. The van der Waals surface area contributed by atoms with Crippen molar-refractivity contribution in [2.75, 3.05) is 5.32 Å². The molecule has 90 valence electrons. The number of aryl methyl sites for hydroxylation is 1. The van der Waals surface area contributed by atoms with Gasteiger partial charge in [-0.2, -0.15) is 0 Å². The van der Waals surface area contributed by atoms with Gasteiger partial charge in [-0.15, -0.1) is 11.3 Å². The van der Waals surface area contributed by atoms with Gasteiger partial charge in [-0.25, -0.2) is 4.98 Å². The zero-order chi connectivity index (χ0) is 12.4. The van der Waals surface area contributed by atoms with Gasteiger partial charge in [-0.3, -0.25) is 0 Å². The van der Waals surface area contributed by atoms with Crippen molar-refractivity contribution in [1.82, 2.24) is 4.98 Å². The molecule has 0 radical (unpaired) electrons. The number of aromatic hydroxyl groups is 1. The van der Waals surface area contributed by atoms with Crippen LogP contribution in [0.5, 0.6) is 5.75 Å². The number of benzene rings is 1. The first kappa shape index (κ1) is 12.5. The highest BCUT2D eigenvalue weighted by atomic mass is 35.5. The molecule has 3 nitrogen and oxygen atoms in total. The number of aromatic nitrogens is 1. The molecule has 0 bridgehead atoms. The van der Waals surface area contributed by atoms with Crippen molar-refractivity contribution in [1.29, 1.82) is 0 Å². The first-order valence-corrected chi connectivity index (χ1v) is 6.52. The summed E-state index contributed by atoms with van der Waals surface area (Å²) < 4.78 is 0. The zero-order valence-corrected chi connectivity index (χ0v) is 11.3. The maximum Gasteiger partial charge on any atom is 0.152 e. The molecule has 6 heteroatoms. The fourth-order valence-corrected chi connectivity index (χ4v) is 2.55. The maximum atomic E-state index is 9.43. The van der Waals surface area contributed by atoms with E-state index < -0.39 is 0 Å². The van der Waals surface area contributed by atoms with Crippen LogP contribution >= 0.6 is 34.5 Å². The summed E-state index contributed by atoms with van der Waals surface area (Å²) in [6.07, 6.45) is 0. The van der Waals surface area contributed by atoms with Crippen molar-refractivity contribution in [3.8, 4) is 5.75 Å². The zero-order valence-electron chi connectivity index (χ0n) is 9.00. The summed E-state index contributed by atoms with van der Waals surface area (Å²) in [6, 6.07) is 3.28. The number of halogens is 2. The van der Waals surface area contributed by atoms with Gasteiger partial charge in [0.05, 0.1) is 27.8 Å². The maximum absolute atomic E-state index is 9.43. The number of nitrogens with zero attached hydrogens (tertiary/aromatic N) is 1. The Hall–Kier alpha value is -0.970. The Bertz CT molecular complexity index is 519. The average molecular weight is 289 g/mol. The van der Waals surface area contributed by atoms with Crippen molar-refractivity contribution >= 4 is 40.2 Å². The molecule has 0 fully saturated rings. The average Bonchev–Trinajstić information content (AvgIpc) is 2.69. The van der Waals surface area contributed by atoms with Gasteiger partial charge < -0.3 is 10.4 Å². The molecule has 0 spiro atoms. The third-order valence-electron chi connectivity index (χ3n) is 2.31. The Morgan fingerprint density at radius 3 is 2.53 bits per heavy atom. The smallest absolute Gasteiger partial charge is 0.152 e. The summed E-state index contributed by atoms with van der Waals surface area (Å²) in [5, 5.41) is 13.1. The number of thiazole rings is 1. The molecule has 0 aliphatic rings. The van der Waals surface area contributed by atoms with Crippen LogP contribution in [0.2, 0.25) is 10.0 Å². The van der Waals surface area contributed by atoms with E-state index in [9.17, 15) is 5.11 Å². The predicted molar refractivity (Wildman–Crippen MR) is 72.3 cm³/mol. The van der Waals surface area contributed by atoms with E-state index in [0.29, 0.717) is 6.54 Å². The van der Waals surface area contributed by atoms with Crippen LogP contribution in [0.15, 0.2) is 17.6 Å². The SMILES string of the molecule is Cc1ncsc1CNc1cc(Cl)c(O)c(Cl)c1. The first-order chi connectivity index (χ1) is 8.08. The van der Waals surface area contributed by atoms with Gasteiger partial charge >= 0.3 is 0 Å². The van der Waals surface area contributed by atoms with Crippen molar-refractivity contribution in [2.24, 2.45) is 0 Å². The molecule has 0 amide bonds. The van der Waals surface area contributed by atoms with Crippen LogP contribution in [0.1, 0.15) is 10.6 Å². The van der Waals surface area contributed by atoms with Crippen molar-refractivity contribution in [2.45, 2.75) is 13.5 Å². The Labute approximate surface area is 113 Å². The molecular weight excluding hydrogens is 279 g/mol. The van der Waals surface area contributed by atoms with Gasteiger partial charge in [0.2, 0.25) is 0 Å². The highest BCUT2D eigenvalue weighted by Crippen LogP contribution is 2.34. The molecular formula is C11H10Cl2N2OS. The lowest BCUT2D eigenvalue weighted by Gasteiger charge is -2.08. The number of hydrogen-bond donors (Lipinski definition) is 2. The topological polar surface area (TPSA) is 45.2 Å². The normalized spacial score (nSPS) is 10.5. The molecule has 0 saturated carbocycles. The van der Waals surface area contributed by atoms with E-state index in [1.165, 1.54) is 0 Å². The van der Waals surface area contributed by atoms with Gasteiger partial charge in [0, 0.05) is 10.6 Å². The summed E-state index contributed by atoms with van der Waals surface area (Å²) in [5.74, 6) is -0.0899. The minimum Gasteiger partial charge on any atom is -0.505 e. The predicted octanol–water partition coefficient (Wildman–Crippen LogP) is 4.08. The van der Waals surface area contributed by atoms with Crippen LogP contribution in [0.25, 0.3) is 0 Å². The summed E-state index contributed by atoms with van der Waals surface area (Å²) in [5.41, 5.74) is 3.59. The fraction of sp³-hybridized carbons (Fsp3) is 0.182. The molecule has 0 unspecified atom stereocenters. The molecule has 17 heavy (non-hydrogen) atoms. The number of anilines is 1. The molecule has 0 saturated heterocycles. The van der Waals surface area contributed by atoms with Crippen LogP contribution in [0.3, 0.4) is 0 Å². The minimum absolute atomic E-state index is 0.0899. The second-order valence-corrected chi connectivity index (χ2v) is 5.26. The highest BCUT2D eigenvalue weighted by Gasteiger charge is 2.07. The standard InChI is InChI=1S/C11H10Cl2N2OS/c1-6-10(17-5-15-6)4-14-7-2-8(12)11(16)9(13)3-7/h2-3,5,14,16H,4H2,1H3. The Morgan fingerprint density at radius 2 is 2.00 bits per heavy atom. The lowest BCUT2D eigenvalue weighted by atomic mass is 10.3. The number of phenolic OH excluding ortho intramolecular Hbond substituents is 1. The van der Waals surface area contributed by atoms with Crippen molar-refractivity contribution in [3.63, 3.8) is 0 Å². The molecule has 1 aromatic carbocycles. The summed E-state index contributed by atoms with van der Waals surface area (Å²) in [6.45, 7) is 2.62. The molecule has 0 aliphatic carbocycles. The van der Waals surface area contributed by atoms with Crippen LogP contribution in [0, 0.1) is 6.92 Å². The van der Waals surface area contributed by atoms with Gasteiger partial charge in [0.1, 0.15) is 0 Å².